The van der Waals surface area contributed by atoms with Crippen LogP contribution in [-0.4, -0.2) is 30.5 Å². The minimum atomic E-state index is -1.75. The summed E-state index contributed by atoms with van der Waals surface area (Å²) < 4.78 is 0. The Bertz CT molecular complexity index is 258. The van der Waals surface area contributed by atoms with Gasteiger partial charge in [-0.1, -0.05) is 0 Å². The van der Waals surface area contributed by atoms with Crippen molar-refractivity contribution in [2.75, 3.05) is 0 Å². The first kappa shape index (κ1) is 65.0. The van der Waals surface area contributed by atoms with Crippen LogP contribution in [0, 0.1) is 91.9 Å². The van der Waals surface area contributed by atoms with Gasteiger partial charge in [0.1, 0.15) is 0 Å². The van der Waals surface area contributed by atoms with E-state index in [2.05, 4.69) is 0 Å². The van der Waals surface area contributed by atoms with Crippen molar-refractivity contribution in [1.82, 2.24) is 0 Å². The van der Waals surface area contributed by atoms with Crippen LogP contribution >= 0.6 is 0 Å². The Morgan fingerprint density at radius 3 is 0.286 bits per heavy atom. The van der Waals surface area contributed by atoms with E-state index < -0.39 is 30.5 Å². The van der Waals surface area contributed by atoms with Gasteiger partial charge in [0.05, 0.1) is 30.5 Å². The largest absolute Gasteiger partial charge is 2.00 e. The molecular formula is MoN6O21-12. The van der Waals surface area contributed by atoms with E-state index in [-0.39, 0.29) is 37.5 Å². The third-order valence-corrected chi connectivity index (χ3v) is 0. The van der Waals surface area contributed by atoms with Crippen LogP contribution in [0.3, 0.4) is 0 Å². The molecule has 0 saturated carbocycles. The Labute approximate surface area is 161 Å². The van der Waals surface area contributed by atoms with Crippen LogP contribution in [0.15, 0.2) is 0 Å². The second-order valence-corrected chi connectivity index (χ2v) is 1.34. The molecule has 0 unspecified atom stereocenters. The zero-order chi connectivity index (χ0) is 21.5. The summed E-state index contributed by atoms with van der Waals surface area (Å²) in [6.07, 6.45) is 0. The summed E-state index contributed by atoms with van der Waals surface area (Å²) in [6.45, 7) is 0. The van der Waals surface area contributed by atoms with Gasteiger partial charge >= 0.3 is 0 Å². The molecule has 28 heteroatoms. The maximum absolute atomic E-state index is 8.25. The smallest absolute Gasteiger partial charge is 0.0689 e. The van der Waals surface area contributed by atoms with Gasteiger partial charge in [-0.3, -0.25) is 0 Å². The monoisotopic (exact) mass is 518 g/mol. The van der Waals surface area contributed by atoms with E-state index in [0.717, 1.165) is 0 Å². The molecule has 0 aromatic carbocycles. The number of hydrogen-bond donors (Lipinski definition) is 0. The van der Waals surface area contributed by atoms with E-state index in [1.807, 2.05) is 0 Å². The van der Waals surface area contributed by atoms with Gasteiger partial charge in [0.25, 0.3) is 0 Å². The van der Waals surface area contributed by atoms with Crippen LogP contribution in [0.1, 0.15) is 0 Å². The predicted molar refractivity (Wildman–Crippen MR) is 64.2 cm³/mol. The molecule has 0 aromatic rings. The molecule has 0 aromatic heterocycles. The third-order valence-electron chi connectivity index (χ3n) is 0. The first-order chi connectivity index (χ1) is 10.4. The summed E-state index contributed by atoms with van der Waals surface area (Å²) in [5.74, 6) is 0. The molecule has 0 rings (SSSR count). The standard InChI is InChI=1S/Mo.6NO3.3O/c;6*2-1(3)4;;;/q;6*-1;3*-2. The van der Waals surface area contributed by atoms with Gasteiger partial charge in [-0.2, -0.15) is 0 Å². The summed E-state index contributed by atoms with van der Waals surface area (Å²) in [6, 6.07) is 0. The van der Waals surface area contributed by atoms with E-state index in [4.69, 9.17) is 91.9 Å². The fourth-order valence-electron chi connectivity index (χ4n) is 0. The van der Waals surface area contributed by atoms with Crippen LogP contribution in [0.25, 0.3) is 0 Å². The minimum Gasteiger partial charge on any atom is -2.00 e. The summed E-state index contributed by atoms with van der Waals surface area (Å²) in [5.41, 5.74) is 0. The molecule has 174 valence electrons. The molecule has 0 fully saturated rings. The normalized spacial score (nSPS) is 5.14. The van der Waals surface area contributed by atoms with E-state index in [1.54, 1.807) is 0 Å². The van der Waals surface area contributed by atoms with E-state index in [9.17, 15) is 0 Å². The average Bonchev–Trinajstić information content (AvgIpc) is 2.08. The van der Waals surface area contributed by atoms with Crippen LogP contribution < -0.4 is 0 Å². The van der Waals surface area contributed by atoms with Crippen LogP contribution in [0.5, 0.6) is 0 Å². The van der Waals surface area contributed by atoms with Crippen LogP contribution in [-0.2, 0) is 37.5 Å². The molecule has 0 radical (unpaired) electrons. The SMILES string of the molecule is O=[N+]([O-])[O-].O=[N+]([O-])[O-].O=[N+]([O-])[O-].O=[N+]([O-])[O-].O=[N+]([O-])[O-].O=[N+]([O-])[O-].[Mo].[O-2].[O-2].[O-2]. The van der Waals surface area contributed by atoms with Gasteiger partial charge in [-0.05, 0) is 0 Å². The summed E-state index contributed by atoms with van der Waals surface area (Å²) >= 11 is 0. The number of hydrogen-bond acceptors (Lipinski definition) is 18. The molecule has 0 aliphatic carbocycles. The zero-order valence-corrected chi connectivity index (χ0v) is 13.7. The maximum Gasteiger partial charge on any atom is 0.0689 e. The van der Waals surface area contributed by atoms with Gasteiger partial charge in [-0.15, -0.1) is 0 Å². The van der Waals surface area contributed by atoms with Gasteiger partial charge in [0.2, 0.25) is 0 Å². The van der Waals surface area contributed by atoms with Crippen molar-refractivity contribution < 1.29 is 68.0 Å². The quantitative estimate of drug-likeness (QED) is 0.195. The molecule has 0 atom stereocenters. The Balaban J connectivity index is -0.0000000169. The first-order valence-corrected chi connectivity index (χ1v) is 3.29. The van der Waals surface area contributed by atoms with Crippen molar-refractivity contribution in [3.05, 3.63) is 91.9 Å². The van der Waals surface area contributed by atoms with Crippen LogP contribution in [0.2, 0.25) is 0 Å². The molecule has 0 aliphatic rings. The molecule has 27 nitrogen and oxygen atoms in total. The van der Waals surface area contributed by atoms with Crippen molar-refractivity contribution in [2.45, 2.75) is 0 Å². The van der Waals surface area contributed by atoms with Gasteiger partial charge in [0, 0.05) is 21.1 Å². The number of nitrogens with zero attached hydrogens (tertiary/aromatic N) is 6. The summed E-state index contributed by atoms with van der Waals surface area (Å²) in [5, 5.41) is 88.5. The molecular weight excluding hydrogens is 516 g/mol. The topological polar surface area (TPSA) is 483 Å². The molecule has 0 heterocycles. The molecule has 28 heavy (non-hydrogen) atoms. The Hall–Kier alpha value is -4.23. The Kier molecular flexibility index (Phi) is 132. The van der Waals surface area contributed by atoms with E-state index >= 15 is 0 Å². The van der Waals surface area contributed by atoms with Crippen molar-refractivity contribution in [1.29, 1.82) is 0 Å². The van der Waals surface area contributed by atoms with Gasteiger partial charge < -0.3 is 108 Å². The molecule has 0 aliphatic heterocycles. The molecule has 0 bridgehead atoms. The van der Waals surface area contributed by atoms with Gasteiger partial charge in [0.15, 0.2) is 0 Å². The van der Waals surface area contributed by atoms with Crippen molar-refractivity contribution in [3.63, 3.8) is 0 Å². The third kappa shape index (κ3) is 524. The summed E-state index contributed by atoms with van der Waals surface area (Å²) in [4.78, 5) is 49.5. The molecule has 0 spiro atoms. The summed E-state index contributed by atoms with van der Waals surface area (Å²) in [7, 11) is 0. The molecule has 0 saturated heterocycles. The molecule has 0 N–H and O–H groups in total. The minimum absolute atomic E-state index is 0. The van der Waals surface area contributed by atoms with Crippen molar-refractivity contribution in [3.8, 4) is 0 Å². The fraction of sp³-hybridized carbons (Fsp3) is 0. The van der Waals surface area contributed by atoms with Crippen molar-refractivity contribution in [2.24, 2.45) is 0 Å². The van der Waals surface area contributed by atoms with Gasteiger partial charge in [-0.25, -0.2) is 0 Å². The fourth-order valence-corrected chi connectivity index (χ4v) is 0. The predicted octanol–water partition coefficient (Wildman–Crippen LogP) is -1.79. The van der Waals surface area contributed by atoms with Crippen LogP contribution in [0.4, 0.5) is 0 Å². The maximum atomic E-state index is 8.25. The molecule has 0 amide bonds. The van der Waals surface area contributed by atoms with E-state index in [0.29, 0.717) is 0 Å². The first-order valence-electron chi connectivity index (χ1n) is 3.29. The number of rotatable bonds is 0. The zero-order valence-electron chi connectivity index (χ0n) is 11.7. The second-order valence-electron chi connectivity index (χ2n) is 1.34. The van der Waals surface area contributed by atoms with E-state index in [1.165, 1.54) is 0 Å². The van der Waals surface area contributed by atoms with Crippen molar-refractivity contribution >= 4 is 0 Å². The average molecular weight is 516 g/mol. The Morgan fingerprint density at radius 1 is 0.286 bits per heavy atom. The second kappa shape index (κ2) is 56.9. The Morgan fingerprint density at radius 2 is 0.286 bits per heavy atom.